The van der Waals surface area contributed by atoms with Crippen LogP contribution in [0.2, 0.25) is 0 Å². The minimum absolute atomic E-state index is 0. The van der Waals surface area contributed by atoms with Crippen LogP contribution in [-0.4, -0.2) is 42.6 Å². The van der Waals surface area contributed by atoms with Crippen molar-refractivity contribution < 1.29 is 9.52 Å². The van der Waals surface area contributed by atoms with Gasteiger partial charge in [0, 0.05) is 20.1 Å². The first-order valence-electron chi connectivity index (χ1n) is 8.00. The number of unbranched alkanes of at least 4 members (excludes halogenated alkanes) is 3. The van der Waals surface area contributed by atoms with E-state index in [-0.39, 0.29) is 30.5 Å². The van der Waals surface area contributed by atoms with Crippen LogP contribution in [0.3, 0.4) is 0 Å². The summed E-state index contributed by atoms with van der Waals surface area (Å²) in [5, 5.41) is 13.3. The largest absolute Gasteiger partial charge is 0.467 e. The van der Waals surface area contributed by atoms with Gasteiger partial charge in [0.1, 0.15) is 11.9 Å². The highest BCUT2D eigenvalue weighted by Crippen LogP contribution is 2.13. The molecule has 0 aromatic carbocycles. The Morgan fingerprint density at radius 2 is 2.26 bits per heavy atom. The van der Waals surface area contributed by atoms with Crippen molar-refractivity contribution in [2.24, 2.45) is 4.99 Å². The molecule has 1 aromatic rings. The molecule has 6 heteroatoms. The molecular formula is C17H30IN3O2. The van der Waals surface area contributed by atoms with Gasteiger partial charge >= 0.3 is 0 Å². The van der Waals surface area contributed by atoms with Crippen LogP contribution in [0.5, 0.6) is 0 Å². The Morgan fingerprint density at radius 1 is 1.48 bits per heavy atom. The molecular weight excluding hydrogens is 405 g/mol. The monoisotopic (exact) mass is 435 g/mol. The molecule has 2 N–H and O–H groups in total. The fourth-order valence-electron chi connectivity index (χ4n) is 2.13. The predicted molar refractivity (Wildman–Crippen MR) is 106 cm³/mol. The molecule has 0 saturated heterocycles. The van der Waals surface area contributed by atoms with E-state index in [1.165, 1.54) is 12.8 Å². The Labute approximate surface area is 156 Å². The average Bonchev–Trinajstić information content (AvgIpc) is 3.05. The van der Waals surface area contributed by atoms with Crippen LogP contribution in [0, 0.1) is 0 Å². The minimum atomic E-state index is -0.704. The third kappa shape index (κ3) is 9.00. The highest BCUT2D eigenvalue weighted by molar-refractivity contribution is 14.0. The number of furan rings is 1. The van der Waals surface area contributed by atoms with E-state index in [0.717, 1.165) is 31.9 Å². The van der Waals surface area contributed by atoms with Gasteiger partial charge in [0.05, 0.1) is 12.8 Å². The Bertz CT molecular complexity index is 435. The molecule has 1 heterocycles. The average molecular weight is 435 g/mol. The topological polar surface area (TPSA) is 61.0 Å². The molecule has 1 aromatic heterocycles. The molecule has 23 heavy (non-hydrogen) atoms. The number of nitrogens with one attached hydrogen (secondary N) is 1. The van der Waals surface area contributed by atoms with Crippen LogP contribution < -0.4 is 5.32 Å². The molecule has 0 bridgehead atoms. The van der Waals surface area contributed by atoms with Crippen LogP contribution in [-0.2, 0) is 0 Å². The first-order chi connectivity index (χ1) is 10.7. The maximum absolute atomic E-state index is 10.0. The Balaban J connectivity index is 0.00000484. The first kappa shape index (κ1) is 22.0. The number of aliphatic imine (C=N–C) groups is 1. The summed E-state index contributed by atoms with van der Waals surface area (Å²) in [7, 11) is 2.02. The zero-order valence-corrected chi connectivity index (χ0v) is 16.5. The first-order valence-corrected chi connectivity index (χ1v) is 8.00. The van der Waals surface area contributed by atoms with E-state index >= 15 is 0 Å². The molecule has 0 aliphatic rings. The SMILES string of the molecule is C=CCCCCCN(C)C(=NCC(O)c1ccco1)NCC.I. The van der Waals surface area contributed by atoms with Crippen molar-refractivity contribution in [2.45, 2.75) is 38.7 Å². The Hall–Kier alpha value is -1.02. The van der Waals surface area contributed by atoms with E-state index in [1.807, 2.05) is 20.0 Å². The molecule has 0 aliphatic carbocycles. The highest BCUT2D eigenvalue weighted by Gasteiger charge is 2.11. The summed E-state index contributed by atoms with van der Waals surface area (Å²) in [5.74, 6) is 1.36. The van der Waals surface area contributed by atoms with Gasteiger partial charge in [-0.05, 0) is 38.3 Å². The van der Waals surface area contributed by atoms with Crippen molar-refractivity contribution in [1.82, 2.24) is 10.2 Å². The van der Waals surface area contributed by atoms with Crippen molar-refractivity contribution in [2.75, 3.05) is 26.7 Å². The Kier molecular flexibility index (Phi) is 12.8. The maximum atomic E-state index is 10.0. The Morgan fingerprint density at radius 3 is 2.87 bits per heavy atom. The molecule has 0 spiro atoms. The summed E-state index contributed by atoms with van der Waals surface area (Å²) in [4.78, 5) is 6.59. The highest BCUT2D eigenvalue weighted by atomic mass is 127. The van der Waals surface area contributed by atoms with Gasteiger partial charge in [0.25, 0.3) is 0 Å². The number of halogens is 1. The number of hydrogen-bond acceptors (Lipinski definition) is 3. The summed E-state index contributed by atoms with van der Waals surface area (Å²) in [6.07, 6.45) is 7.38. The zero-order valence-electron chi connectivity index (χ0n) is 14.2. The molecule has 0 amide bonds. The third-order valence-corrected chi connectivity index (χ3v) is 3.38. The number of guanidine groups is 1. The molecule has 5 nitrogen and oxygen atoms in total. The van der Waals surface area contributed by atoms with Crippen LogP contribution in [0.25, 0.3) is 0 Å². The fourth-order valence-corrected chi connectivity index (χ4v) is 2.13. The number of nitrogens with zero attached hydrogens (tertiary/aromatic N) is 2. The van der Waals surface area contributed by atoms with Gasteiger partial charge in [-0.1, -0.05) is 12.5 Å². The number of allylic oxidation sites excluding steroid dienone is 1. The lowest BCUT2D eigenvalue weighted by molar-refractivity contribution is 0.158. The molecule has 0 saturated carbocycles. The molecule has 0 aliphatic heterocycles. The van der Waals surface area contributed by atoms with E-state index in [0.29, 0.717) is 5.76 Å². The molecule has 1 atom stereocenters. The van der Waals surface area contributed by atoms with Crippen molar-refractivity contribution in [3.05, 3.63) is 36.8 Å². The number of rotatable bonds is 10. The van der Waals surface area contributed by atoms with Crippen LogP contribution in [0.4, 0.5) is 0 Å². The fraction of sp³-hybridized carbons (Fsp3) is 0.588. The van der Waals surface area contributed by atoms with E-state index in [4.69, 9.17) is 4.42 Å². The molecule has 132 valence electrons. The summed E-state index contributed by atoms with van der Waals surface area (Å²) in [6, 6.07) is 3.53. The summed E-state index contributed by atoms with van der Waals surface area (Å²) < 4.78 is 5.19. The van der Waals surface area contributed by atoms with Gasteiger partial charge in [-0.25, -0.2) is 4.99 Å². The second-order valence-electron chi connectivity index (χ2n) is 5.29. The molecule has 1 rings (SSSR count). The van der Waals surface area contributed by atoms with E-state index in [1.54, 1.807) is 18.4 Å². The number of aliphatic hydroxyl groups is 1. The molecule has 0 fully saturated rings. The second-order valence-corrected chi connectivity index (χ2v) is 5.29. The third-order valence-electron chi connectivity index (χ3n) is 3.38. The maximum Gasteiger partial charge on any atom is 0.193 e. The summed E-state index contributed by atoms with van der Waals surface area (Å²) in [5.41, 5.74) is 0. The van der Waals surface area contributed by atoms with Crippen LogP contribution in [0.1, 0.15) is 44.5 Å². The lowest BCUT2D eigenvalue weighted by atomic mass is 10.2. The van der Waals surface area contributed by atoms with Crippen LogP contribution in [0.15, 0.2) is 40.5 Å². The minimum Gasteiger partial charge on any atom is -0.467 e. The van der Waals surface area contributed by atoms with Gasteiger partial charge in [-0.3, -0.25) is 0 Å². The number of hydrogen-bond donors (Lipinski definition) is 2. The van der Waals surface area contributed by atoms with Crippen molar-refractivity contribution >= 4 is 29.9 Å². The van der Waals surface area contributed by atoms with Crippen LogP contribution >= 0.6 is 24.0 Å². The van der Waals surface area contributed by atoms with Crippen molar-refractivity contribution in [3.8, 4) is 0 Å². The van der Waals surface area contributed by atoms with Gasteiger partial charge in [-0.15, -0.1) is 30.6 Å². The molecule has 1 unspecified atom stereocenters. The van der Waals surface area contributed by atoms with E-state index in [2.05, 4.69) is 21.8 Å². The van der Waals surface area contributed by atoms with Gasteiger partial charge in [0.2, 0.25) is 0 Å². The second kappa shape index (κ2) is 13.4. The van der Waals surface area contributed by atoms with Crippen molar-refractivity contribution in [1.29, 1.82) is 0 Å². The normalized spacial score (nSPS) is 12.4. The summed E-state index contributed by atoms with van der Waals surface area (Å²) in [6.45, 7) is 7.81. The van der Waals surface area contributed by atoms with Gasteiger partial charge in [-0.2, -0.15) is 0 Å². The quantitative estimate of drug-likeness (QED) is 0.194. The predicted octanol–water partition coefficient (Wildman–Crippen LogP) is 3.57. The number of aliphatic hydroxyl groups excluding tert-OH is 1. The van der Waals surface area contributed by atoms with Crippen molar-refractivity contribution in [3.63, 3.8) is 0 Å². The molecule has 0 radical (unpaired) electrons. The lowest BCUT2D eigenvalue weighted by Gasteiger charge is -2.22. The zero-order chi connectivity index (χ0) is 16.2. The summed E-state index contributed by atoms with van der Waals surface area (Å²) >= 11 is 0. The lowest BCUT2D eigenvalue weighted by Crippen LogP contribution is -2.39. The van der Waals surface area contributed by atoms with Gasteiger partial charge in [0.15, 0.2) is 5.96 Å². The standard InChI is InChI=1S/C17H29N3O2.HI/c1-4-6-7-8-9-12-20(3)17(18-5-2)19-14-15(21)16-11-10-13-22-16;/h4,10-11,13,15,21H,1,5-9,12,14H2,2-3H3,(H,18,19);1H. The smallest absolute Gasteiger partial charge is 0.193 e. The van der Waals surface area contributed by atoms with E-state index in [9.17, 15) is 5.11 Å². The van der Waals surface area contributed by atoms with E-state index < -0.39 is 6.10 Å². The van der Waals surface area contributed by atoms with Gasteiger partial charge < -0.3 is 19.7 Å².